The van der Waals surface area contributed by atoms with Crippen molar-refractivity contribution in [2.45, 2.75) is 0 Å². The largest absolute Gasteiger partial charge is 0.334 e. The SMILES string of the molecule is O=c1c([N+](=O)[O-])cccn1-c1ccc(F)cc1. The second kappa shape index (κ2) is 4.17. The van der Waals surface area contributed by atoms with E-state index in [9.17, 15) is 19.3 Å². The van der Waals surface area contributed by atoms with Crippen LogP contribution in [0.2, 0.25) is 0 Å². The Morgan fingerprint density at radius 1 is 1.18 bits per heavy atom. The summed E-state index contributed by atoms with van der Waals surface area (Å²) in [5, 5.41) is 10.6. The monoisotopic (exact) mass is 234 g/mol. The molecule has 0 aliphatic rings. The third-order valence-corrected chi connectivity index (χ3v) is 2.23. The van der Waals surface area contributed by atoms with Crippen LogP contribution in [0, 0.1) is 15.9 Å². The number of pyridine rings is 1. The van der Waals surface area contributed by atoms with Crippen LogP contribution in [0.5, 0.6) is 0 Å². The molecule has 0 bridgehead atoms. The minimum atomic E-state index is -0.748. The van der Waals surface area contributed by atoms with Gasteiger partial charge in [0, 0.05) is 18.0 Å². The zero-order chi connectivity index (χ0) is 12.4. The van der Waals surface area contributed by atoms with E-state index in [1.165, 1.54) is 36.5 Å². The Kier molecular flexibility index (Phi) is 2.70. The highest BCUT2D eigenvalue weighted by Crippen LogP contribution is 2.09. The van der Waals surface area contributed by atoms with Gasteiger partial charge in [-0.15, -0.1) is 0 Å². The maximum Gasteiger partial charge on any atom is 0.334 e. The number of hydrogen-bond donors (Lipinski definition) is 0. The van der Waals surface area contributed by atoms with Gasteiger partial charge in [-0.1, -0.05) is 0 Å². The summed E-state index contributed by atoms with van der Waals surface area (Å²) in [4.78, 5) is 21.6. The molecule has 2 rings (SSSR count). The fraction of sp³-hybridized carbons (Fsp3) is 0. The Bertz CT molecular complexity index is 619. The number of nitro groups is 1. The molecule has 0 fully saturated rings. The zero-order valence-corrected chi connectivity index (χ0v) is 8.54. The van der Waals surface area contributed by atoms with Crippen LogP contribution in [0.3, 0.4) is 0 Å². The van der Waals surface area contributed by atoms with Crippen molar-refractivity contribution in [3.05, 3.63) is 68.9 Å². The Balaban J connectivity index is 2.61. The van der Waals surface area contributed by atoms with Crippen LogP contribution < -0.4 is 5.56 Å². The lowest BCUT2D eigenvalue weighted by Gasteiger charge is -2.04. The summed E-state index contributed by atoms with van der Waals surface area (Å²) in [6.07, 6.45) is 1.39. The van der Waals surface area contributed by atoms with Crippen LogP contribution >= 0.6 is 0 Å². The van der Waals surface area contributed by atoms with Gasteiger partial charge in [-0.2, -0.15) is 0 Å². The zero-order valence-electron chi connectivity index (χ0n) is 8.54. The number of hydrogen-bond acceptors (Lipinski definition) is 3. The van der Waals surface area contributed by atoms with E-state index in [1.54, 1.807) is 0 Å². The fourth-order valence-corrected chi connectivity index (χ4v) is 1.43. The van der Waals surface area contributed by atoms with Crippen molar-refractivity contribution in [1.29, 1.82) is 0 Å². The second-order valence-corrected chi connectivity index (χ2v) is 3.30. The summed E-state index contributed by atoms with van der Waals surface area (Å²) in [6, 6.07) is 7.63. The molecule has 0 spiro atoms. The third kappa shape index (κ3) is 2.05. The number of benzene rings is 1. The summed E-state index contributed by atoms with van der Waals surface area (Å²) in [7, 11) is 0. The number of rotatable bonds is 2. The maximum atomic E-state index is 12.7. The average Bonchev–Trinajstić information content (AvgIpc) is 2.30. The maximum absolute atomic E-state index is 12.7. The molecule has 0 saturated carbocycles. The summed E-state index contributed by atoms with van der Waals surface area (Å²) in [5.41, 5.74) is -0.888. The molecule has 17 heavy (non-hydrogen) atoms. The lowest BCUT2D eigenvalue weighted by atomic mass is 10.3. The average molecular weight is 234 g/mol. The molecule has 86 valence electrons. The first-order chi connectivity index (χ1) is 8.09. The van der Waals surface area contributed by atoms with Crippen molar-refractivity contribution in [2.75, 3.05) is 0 Å². The predicted molar refractivity (Wildman–Crippen MR) is 58.7 cm³/mol. The molecule has 0 radical (unpaired) electrons. The van der Waals surface area contributed by atoms with Gasteiger partial charge in [0.05, 0.1) is 4.92 Å². The molecule has 0 N–H and O–H groups in total. The highest BCUT2D eigenvalue weighted by atomic mass is 19.1. The first-order valence-electron chi connectivity index (χ1n) is 4.71. The molecule has 0 unspecified atom stereocenters. The lowest BCUT2D eigenvalue weighted by molar-refractivity contribution is -0.386. The van der Waals surface area contributed by atoms with Crippen LogP contribution in [0.15, 0.2) is 47.4 Å². The molecule has 6 heteroatoms. The smallest absolute Gasteiger partial charge is 0.278 e. The van der Waals surface area contributed by atoms with E-state index >= 15 is 0 Å². The summed E-state index contributed by atoms with van der Waals surface area (Å²) in [5.74, 6) is -0.438. The normalized spacial score (nSPS) is 10.2. The van der Waals surface area contributed by atoms with Gasteiger partial charge in [0.1, 0.15) is 5.82 Å². The molecule has 2 aromatic rings. The van der Waals surface area contributed by atoms with E-state index in [-0.39, 0.29) is 0 Å². The van der Waals surface area contributed by atoms with Crippen molar-refractivity contribution >= 4 is 5.69 Å². The molecular formula is C11H7FN2O3. The van der Waals surface area contributed by atoms with Gasteiger partial charge in [-0.25, -0.2) is 4.39 Å². The minimum Gasteiger partial charge on any atom is -0.278 e. The van der Waals surface area contributed by atoms with Crippen LogP contribution in [-0.4, -0.2) is 9.49 Å². The fourth-order valence-electron chi connectivity index (χ4n) is 1.43. The Labute approximate surface area is 94.9 Å². The van der Waals surface area contributed by atoms with Crippen molar-refractivity contribution < 1.29 is 9.31 Å². The van der Waals surface area contributed by atoms with Gasteiger partial charge in [0.15, 0.2) is 0 Å². The second-order valence-electron chi connectivity index (χ2n) is 3.30. The summed E-state index contributed by atoms with van der Waals surface area (Å²) < 4.78 is 13.8. The van der Waals surface area contributed by atoms with Crippen LogP contribution in [0.25, 0.3) is 5.69 Å². The minimum absolute atomic E-state index is 0.375. The van der Waals surface area contributed by atoms with Crippen molar-refractivity contribution in [3.8, 4) is 5.69 Å². The third-order valence-electron chi connectivity index (χ3n) is 2.23. The quantitative estimate of drug-likeness (QED) is 0.588. The van der Waals surface area contributed by atoms with Crippen LogP contribution in [-0.2, 0) is 0 Å². The van der Waals surface area contributed by atoms with E-state index in [4.69, 9.17) is 0 Å². The van der Waals surface area contributed by atoms with Crippen LogP contribution in [0.4, 0.5) is 10.1 Å². The first kappa shape index (κ1) is 11.0. The molecule has 0 amide bonds. The van der Waals surface area contributed by atoms with Crippen LogP contribution in [0.1, 0.15) is 0 Å². The van der Waals surface area contributed by atoms with Gasteiger partial charge in [0.25, 0.3) is 0 Å². The van der Waals surface area contributed by atoms with Gasteiger partial charge in [-0.05, 0) is 30.3 Å². The number of aromatic nitrogens is 1. The highest BCUT2D eigenvalue weighted by molar-refractivity contribution is 5.36. The van der Waals surface area contributed by atoms with Gasteiger partial charge < -0.3 is 0 Å². The molecule has 1 aromatic carbocycles. The van der Waals surface area contributed by atoms with E-state index in [0.29, 0.717) is 5.69 Å². The first-order valence-corrected chi connectivity index (χ1v) is 4.71. The Morgan fingerprint density at radius 3 is 2.41 bits per heavy atom. The van der Waals surface area contributed by atoms with Crippen molar-refractivity contribution in [2.24, 2.45) is 0 Å². The summed E-state index contributed by atoms with van der Waals surface area (Å²) in [6.45, 7) is 0. The highest BCUT2D eigenvalue weighted by Gasteiger charge is 2.14. The van der Waals surface area contributed by atoms with E-state index in [0.717, 1.165) is 10.6 Å². The van der Waals surface area contributed by atoms with Crippen molar-refractivity contribution in [1.82, 2.24) is 4.57 Å². The standard InChI is InChI=1S/C11H7FN2O3/c12-8-3-5-9(6-4-8)13-7-1-2-10(11(13)15)14(16)17/h1-7H. The van der Waals surface area contributed by atoms with Gasteiger partial charge >= 0.3 is 11.2 Å². The van der Waals surface area contributed by atoms with E-state index < -0.39 is 22.0 Å². The van der Waals surface area contributed by atoms with E-state index in [2.05, 4.69) is 0 Å². The molecule has 0 aliphatic carbocycles. The number of nitrogens with zero attached hydrogens (tertiary/aromatic N) is 2. The molecule has 0 aliphatic heterocycles. The lowest BCUT2D eigenvalue weighted by Crippen LogP contribution is -2.20. The molecule has 0 saturated heterocycles. The van der Waals surface area contributed by atoms with Gasteiger partial charge in [-0.3, -0.25) is 19.5 Å². The Hall–Kier alpha value is -2.50. The molecule has 1 heterocycles. The van der Waals surface area contributed by atoms with E-state index in [1.807, 2.05) is 0 Å². The van der Waals surface area contributed by atoms with Crippen molar-refractivity contribution in [3.63, 3.8) is 0 Å². The Morgan fingerprint density at radius 2 is 1.82 bits per heavy atom. The molecule has 5 nitrogen and oxygen atoms in total. The molecule has 0 atom stereocenters. The van der Waals surface area contributed by atoms with Gasteiger partial charge in [0.2, 0.25) is 0 Å². The summed E-state index contributed by atoms with van der Waals surface area (Å²) >= 11 is 0. The molecule has 1 aromatic heterocycles. The molecular weight excluding hydrogens is 227 g/mol. The predicted octanol–water partition coefficient (Wildman–Crippen LogP) is 1.88. The number of halogens is 1. The topological polar surface area (TPSA) is 65.1 Å².